The molecule has 8 nitrogen and oxygen atoms in total. The average molecular weight is 403 g/mol. The number of nitrogens with zero attached hydrogens (tertiary/aromatic N) is 2. The number of non-ortho nitro benzene ring substituents is 1. The zero-order valence-electron chi connectivity index (χ0n) is 14.4. The van der Waals surface area contributed by atoms with Crippen molar-refractivity contribution < 1.29 is 14.5 Å². The molecule has 26 heavy (non-hydrogen) atoms. The maximum Gasteiger partial charge on any atom is 0.270 e. The second kappa shape index (κ2) is 10.3. The van der Waals surface area contributed by atoms with E-state index in [9.17, 15) is 19.7 Å². The van der Waals surface area contributed by atoms with Crippen LogP contribution < -0.4 is 11.1 Å². The van der Waals surface area contributed by atoms with Crippen molar-refractivity contribution in [1.82, 2.24) is 10.2 Å². The Labute approximate surface area is 162 Å². The van der Waals surface area contributed by atoms with E-state index < -0.39 is 16.9 Å². The van der Waals surface area contributed by atoms with Crippen molar-refractivity contribution in [3.8, 4) is 0 Å². The highest BCUT2D eigenvalue weighted by molar-refractivity contribution is 7.98. The van der Waals surface area contributed by atoms with E-state index in [-0.39, 0.29) is 35.6 Å². The lowest BCUT2D eigenvalue weighted by atomic mass is 10.1. The number of nitrogens with one attached hydrogen (secondary N) is 1. The largest absolute Gasteiger partial charge is 0.340 e. The lowest BCUT2D eigenvalue weighted by Crippen LogP contribution is -2.48. The van der Waals surface area contributed by atoms with Gasteiger partial charge in [0.1, 0.15) is 6.04 Å². The first-order valence-corrected chi connectivity index (χ1v) is 9.40. The number of nitro groups is 1. The summed E-state index contributed by atoms with van der Waals surface area (Å²) >= 11 is 1.58. The summed E-state index contributed by atoms with van der Waals surface area (Å²) in [5.41, 5.74) is 5.85. The third-order valence-corrected chi connectivity index (χ3v) is 4.71. The topological polar surface area (TPSA) is 119 Å². The van der Waals surface area contributed by atoms with Crippen molar-refractivity contribution in [3.05, 3.63) is 39.9 Å². The standard InChI is InChI=1S/C16H22N4O4S.ClH/c1-25-8-6-14(16(22)19-7-5-12(17)10-19)18-15(21)11-3-2-4-13(9-11)20(23)24;/h2-4,9,12,14H,5-8,10,17H2,1H3,(H,18,21);1H/t12-,14?;/m1./s1. The molecule has 1 aliphatic heterocycles. The van der Waals surface area contributed by atoms with Crippen LogP contribution in [0.4, 0.5) is 5.69 Å². The predicted octanol–water partition coefficient (Wildman–Crippen LogP) is 1.43. The molecule has 2 atom stereocenters. The first-order chi connectivity index (χ1) is 11.9. The first kappa shape index (κ1) is 22.2. The van der Waals surface area contributed by atoms with Crippen LogP contribution in [0.2, 0.25) is 0 Å². The van der Waals surface area contributed by atoms with Gasteiger partial charge in [0, 0.05) is 36.8 Å². The Bertz CT molecular complexity index is 661. The van der Waals surface area contributed by atoms with Gasteiger partial charge in [-0.15, -0.1) is 12.4 Å². The highest BCUT2D eigenvalue weighted by atomic mass is 35.5. The summed E-state index contributed by atoms with van der Waals surface area (Å²) in [4.78, 5) is 37.1. The number of carbonyl (C=O) groups excluding carboxylic acids is 2. The Balaban J connectivity index is 0.00000338. The molecular formula is C16H23ClN4O4S. The molecule has 0 radical (unpaired) electrons. The zero-order valence-corrected chi connectivity index (χ0v) is 16.1. The van der Waals surface area contributed by atoms with E-state index >= 15 is 0 Å². The number of rotatable bonds is 7. The Hall–Kier alpha value is -1.84. The van der Waals surface area contributed by atoms with Gasteiger partial charge in [-0.3, -0.25) is 19.7 Å². The van der Waals surface area contributed by atoms with Crippen molar-refractivity contribution in [2.24, 2.45) is 5.73 Å². The third kappa shape index (κ3) is 5.86. The van der Waals surface area contributed by atoms with Gasteiger partial charge < -0.3 is 16.0 Å². The van der Waals surface area contributed by atoms with E-state index in [1.165, 1.54) is 24.3 Å². The van der Waals surface area contributed by atoms with Gasteiger partial charge in [0.2, 0.25) is 5.91 Å². The number of nitro benzene ring substituents is 1. The van der Waals surface area contributed by atoms with E-state index in [1.54, 1.807) is 16.7 Å². The molecule has 0 saturated carbocycles. The van der Waals surface area contributed by atoms with Crippen LogP contribution in [0.1, 0.15) is 23.2 Å². The second-order valence-electron chi connectivity index (χ2n) is 5.95. The number of carbonyl (C=O) groups is 2. The summed E-state index contributed by atoms with van der Waals surface area (Å²) in [5.74, 6) is 0.0679. The minimum atomic E-state index is -0.662. The Morgan fingerprint density at radius 3 is 2.81 bits per heavy atom. The van der Waals surface area contributed by atoms with E-state index in [2.05, 4.69) is 5.32 Å². The summed E-state index contributed by atoms with van der Waals surface area (Å²) in [6, 6.07) is 4.77. The molecule has 3 N–H and O–H groups in total. The molecule has 1 aromatic rings. The van der Waals surface area contributed by atoms with Crippen molar-refractivity contribution >= 4 is 41.7 Å². The second-order valence-corrected chi connectivity index (χ2v) is 6.93. The minimum Gasteiger partial charge on any atom is -0.340 e. The smallest absolute Gasteiger partial charge is 0.270 e. The molecule has 1 fully saturated rings. The van der Waals surface area contributed by atoms with Gasteiger partial charge in [0.15, 0.2) is 0 Å². The summed E-state index contributed by atoms with van der Waals surface area (Å²) < 4.78 is 0. The SMILES string of the molecule is CSCCC(NC(=O)c1cccc([N+](=O)[O-])c1)C(=O)N1CC[C@@H](N)C1.Cl. The number of nitrogens with two attached hydrogens (primary N) is 1. The van der Waals surface area contributed by atoms with Crippen LogP contribution in [0.25, 0.3) is 0 Å². The van der Waals surface area contributed by atoms with Gasteiger partial charge in [-0.25, -0.2) is 0 Å². The number of amides is 2. The summed E-state index contributed by atoms with van der Waals surface area (Å²) in [6.07, 6.45) is 3.17. The van der Waals surface area contributed by atoms with Crippen molar-refractivity contribution in [1.29, 1.82) is 0 Å². The van der Waals surface area contributed by atoms with Gasteiger partial charge in [0.05, 0.1) is 4.92 Å². The number of thioether (sulfide) groups is 1. The fourth-order valence-corrected chi connectivity index (χ4v) is 3.17. The minimum absolute atomic E-state index is 0. The third-order valence-electron chi connectivity index (χ3n) is 4.07. The first-order valence-electron chi connectivity index (χ1n) is 8.01. The normalized spacial score (nSPS) is 17.3. The molecule has 1 unspecified atom stereocenters. The highest BCUT2D eigenvalue weighted by Gasteiger charge is 2.30. The Kier molecular flexibility index (Phi) is 8.83. The van der Waals surface area contributed by atoms with Crippen molar-refractivity contribution in [2.45, 2.75) is 24.9 Å². The van der Waals surface area contributed by atoms with E-state index in [0.717, 1.165) is 6.42 Å². The van der Waals surface area contributed by atoms with Crippen molar-refractivity contribution in [3.63, 3.8) is 0 Å². The summed E-state index contributed by atoms with van der Waals surface area (Å²) in [5, 5.41) is 13.6. The lowest BCUT2D eigenvalue weighted by molar-refractivity contribution is -0.384. The monoisotopic (exact) mass is 402 g/mol. The molecule has 0 aromatic heterocycles. The molecule has 1 saturated heterocycles. The van der Waals surface area contributed by atoms with Gasteiger partial charge in [0.25, 0.3) is 11.6 Å². The van der Waals surface area contributed by atoms with E-state index in [0.29, 0.717) is 25.3 Å². The molecule has 10 heteroatoms. The number of hydrogen-bond acceptors (Lipinski definition) is 6. The lowest BCUT2D eigenvalue weighted by Gasteiger charge is -2.24. The molecule has 144 valence electrons. The number of likely N-dealkylation sites (tertiary alicyclic amines) is 1. The quantitative estimate of drug-likeness (QED) is 0.526. The molecule has 1 heterocycles. The molecule has 2 amide bonds. The van der Waals surface area contributed by atoms with Crippen LogP contribution in [0.3, 0.4) is 0 Å². The highest BCUT2D eigenvalue weighted by Crippen LogP contribution is 2.15. The molecule has 0 aliphatic carbocycles. The van der Waals surface area contributed by atoms with E-state index in [1.807, 2.05) is 6.26 Å². The number of benzene rings is 1. The molecule has 0 spiro atoms. The summed E-state index contributed by atoms with van der Waals surface area (Å²) in [6.45, 7) is 1.07. The van der Waals surface area contributed by atoms with Gasteiger partial charge >= 0.3 is 0 Å². The van der Waals surface area contributed by atoms with Crippen molar-refractivity contribution in [2.75, 3.05) is 25.1 Å². The average Bonchev–Trinajstić information content (AvgIpc) is 3.04. The molecule has 1 aromatic carbocycles. The number of hydrogen-bond donors (Lipinski definition) is 2. The fourth-order valence-electron chi connectivity index (χ4n) is 2.70. The maximum atomic E-state index is 12.7. The molecule has 1 aliphatic rings. The van der Waals surface area contributed by atoms with Crippen LogP contribution >= 0.6 is 24.2 Å². The van der Waals surface area contributed by atoms with Gasteiger partial charge in [-0.2, -0.15) is 11.8 Å². The fraction of sp³-hybridized carbons (Fsp3) is 0.500. The predicted molar refractivity (Wildman–Crippen MR) is 104 cm³/mol. The Morgan fingerprint density at radius 2 is 2.23 bits per heavy atom. The van der Waals surface area contributed by atoms with Crippen LogP contribution in [-0.2, 0) is 4.79 Å². The van der Waals surface area contributed by atoms with Crippen LogP contribution in [0.5, 0.6) is 0 Å². The van der Waals surface area contributed by atoms with Gasteiger partial charge in [-0.1, -0.05) is 6.07 Å². The number of halogens is 1. The van der Waals surface area contributed by atoms with Crippen LogP contribution in [0, 0.1) is 10.1 Å². The maximum absolute atomic E-state index is 12.7. The van der Waals surface area contributed by atoms with Crippen LogP contribution in [-0.4, -0.2) is 58.8 Å². The molecule has 0 bridgehead atoms. The molecular weight excluding hydrogens is 380 g/mol. The van der Waals surface area contributed by atoms with Gasteiger partial charge in [-0.05, 0) is 30.9 Å². The van der Waals surface area contributed by atoms with E-state index in [4.69, 9.17) is 5.73 Å². The summed E-state index contributed by atoms with van der Waals surface area (Å²) in [7, 11) is 0. The Morgan fingerprint density at radius 1 is 1.50 bits per heavy atom. The van der Waals surface area contributed by atoms with Crippen LogP contribution in [0.15, 0.2) is 24.3 Å². The molecule has 2 rings (SSSR count). The zero-order chi connectivity index (χ0) is 18.4.